The highest BCUT2D eigenvalue weighted by atomic mass is 32.2. The number of thioether (sulfide) groups is 1. The first-order valence-electron chi connectivity index (χ1n) is 10.7. The van der Waals surface area contributed by atoms with Gasteiger partial charge in [0.25, 0.3) is 0 Å². The molecule has 3 heterocycles. The normalized spacial score (nSPS) is 24.8. The third-order valence-corrected chi connectivity index (χ3v) is 8.10. The molecule has 1 N–H and O–H groups in total. The Morgan fingerprint density at radius 1 is 1.13 bits per heavy atom. The van der Waals surface area contributed by atoms with Crippen LogP contribution in [-0.4, -0.2) is 39.9 Å². The van der Waals surface area contributed by atoms with E-state index < -0.39 is 0 Å². The summed E-state index contributed by atoms with van der Waals surface area (Å²) in [7, 11) is 0. The van der Waals surface area contributed by atoms with Gasteiger partial charge in [-0.2, -0.15) is 0 Å². The number of anilines is 1. The smallest absolute Gasteiger partial charge is 0.243 e. The monoisotopic (exact) mass is 421 g/mol. The van der Waals surface area contributed by atoms with Crippen LogP contribution in [0.2, 0.25) is 0 Å². The summed E-state index contributed by atoms with van der Waals surface area (Å²) in [5, 5.41) is 3.04. The molecule has 0 aliphatic carbocycles. The van der Waals surface area contributed by atoms with Gasteiger partial charge in [0.2, 0.25) is 11.8 Å². The molecule has 5 rings (SSSR count). The van der Waals surface area contributed by atoms with Crippen molar-refractivity contribution in [3.05, 3.63) is 65.2 Å². The number of hydrogen-bond donors (Lipinski definition) is 1. The molecule has 2 aromatic rings. The molecule has 0 spiro atoms. The minimum atomic E-state index is -0.343. The molecule has 30 heavy (non-hydrogen) atoms. The molecule has 0 unspecified atom stereocenters. The van der Waals surface area contributed by atoms with Crippen molar-refractivity contribution in [2.45, 2.75) is 50.2 Å². The van der Waals surface area contributed by atoms with Crippen LogP contribution >= 0.6 is 11.8 Å². The second-order valence-electron chi connectivity index (χ2n) is 8.60. The lowest BCUT2D eigenvalue weighted by Gasteiger charge is -2.29. The standard InChI is InChI=1S/C24H27N3O2S/c1-24-12-10-22(28)27(24)21(16-30-24)23(29)25-14-17-6-8-18(9-7-17)15-26-13-11-19-4-2-3-5-20(19)26/h2-9,21H,10-16H2,1H3,(H,25,29)/t21-,24+/m0/s1. The predicted molar refractivity (Wildman–Crippen MR) is 120 cm³/mol. The predicted octanol–water partition coefficient (Wildman–Crippen LogP) is 3.32. The Bertz CT molecular complexity index is 977. The molecule has 0 aromatic heterocycles. The van der Waals surface area contributed by atoms with Crippen molar-refractivity contribution in [2.24, 2.45) is 0 Å². The highest BCUT2D eigenvalue weighted by Crippen LogP contribution is 2.47. The summed E-state index contributed by atoms with van der Waals surface area (Å²) in [6.45, 7) is 4.53. The first-order valence-corrected chi connectivity index (χ1v) is 11.7. The number of rotatable bonds is 5. The molecule has 2 amide bonds. The van der Waals surface area contributed by atoms with Gasteiger partial charge in [-0.25, -0.2) is 0 Å². The molecular formula is C24H27N3O2S. The average Bonchev–Trinajstić information content (AvgIpc) is 3.41. The minimum Gasteiger partial charge on any atom is -0.367 e. The maximum atomic E-state index is 12.7. The summed E-state index contributed by atoms with van der Waals surface area (Å²) in [5.41, 5.74) is 5.11. The van der Waals surface area contributed by atoms with Crippen molar-refractivity contribution in [3.8, 4) is 0 Å². The summed E-state index contributed by atoms with van der Waals surface area (Å²) >= 11 is 1.73. The van der Waals surface area contributed by atoms with Crippen molar-refractivity contribution >= 4 is 29.3 Å². The molecule has 2 fully saturated rings. The second kappa shape index (κ2) is 7.65. The van der Waals surface area contributed by atoms with Gasteiger partial charge in [0.05, 0.1) is 4.87 Å². The van der Waals surface area contributed by atoms with Crippen LogP contribution in [0.4, 0.5) is 5.69 Å². The number of carbonyl (C=O) groups excluding carboxylic acids is 2. The van der Waals surface area contributed by atoms with Crippen LogP contribution in [0.25, 0.3) is 0 Å². The number of nitrogens with one attached hydrogen (secondary N) is 1. The van der Waals surface area contributed by atoms with Crippen molar-refractivity contribution in [3.63, 3.8) is 0 Å². The Balaban J connectivity index is 1.17. The molecule has 3 aliphatic rings. The third kappa shape index (κ3) is 3.47. The number of nitrogens with zero attached hydrogens (tertiary/aromatic N) is 2. The molecule has 2 aromatic carbocycles. The van der Waals surface area contributed by atoms with E-state index in [0.29, 0.717) is 18.7 Å². The molecular weight excluding hydrogens is 394 g/mol. The Kier molecular flexibility index (Phi) is 4.97. The fourth-order valence-electron chi connectivity index (χ4n) is 4.88. The van der Waals surface area contributed by atoms with Crippen LogP contribution in [0.1, 0.15) is 36.5 Å². The zero-order chi connectivity index (χ0) is 20.7. The Hall–Kier alpha value is -2.47. The Labute approximate surface area is 181 Å². The number of para-hydroxylation sites is 1. The van der Waals surface area contributed by atoms with Crippen LogP contribution < -0.4 is 10.2 Å². The van der Waals surface area contributed by atoms with Gasteiger partial charge in [0.1, 0.15) is 6.04 Å². The first kappa shape index (κ1) is 19.5. The van der Waals surface area contributed by atoms with Gasteiger partial charge >= 0.3 is 0 Å². The maximum Gasteiger partial charge on any atom is 0.243 e. The van der Waals surface area contributed by atoms with Crippen LogP contribution in [0.5, 0.6) is 0 Å². The van der Waals surface area contributed by atoms with E-state index in [-0.39, 0.29) is 22.7 Å². The third-order valence-electron chi connectivity index (χ3n) is 6.59. The van der Waals surface area contributed by atoms with Crippen LogP contribution in [0.3, 0.4) is 0 Å². The van der Waals surface area contributed by atoms with E-state index in [0.717, 1.165) is 31.5 Å². The largest absolute Gasteiger partial charge is 0.367 e. The number of amides is 2. The molecule has 0 bridgehead atoms. The summed E-state index contributed by atoms with van der Waals surface area (Å²) < 4.78 is 0. The lowest BCUT2D eigenvalue weighted by atomic mass is 10.1. The van der Waals surface area contributed by atoms with E-state index in [2.05, 4.69) is 65.7 Å². The van der Waals surface area contributed by atoms with E-state index in [1.165, 1.54) is 16.8 Å². The summed E-state index contributed by atoms with van der Waals surface area (Å²) in [5.74, 6) is 0.749. The van der Waals surface area contributed by atoms with Gasteiger partial charge in [0, 0.05) is 37.5 Å². The average molecular weight is 422 g/mol. The van der Waals surface area contributed by atoms with E-state index in [4.69, 9.17) is 0 Å². The fourth-order valence-corrected chi connectivity index (χ4v) is 6.31. The first-order chi connectivity index (χ1) is 14.5. The number of fused-ring (bicyclic) bond motifs is 2. The van der Waals surface area contributed by atoms with E-state index in [9.17, 15) is 9.59 Å². The zero-order valence-corrected chi connectivity index (χ0v) is 18.1. The quantitative estimate of drug-likeness (QED) is 0.805. The number of benzene rings is 2. The Morgan fingerprint density at radius 2 is 1.90 bits per heavy atom. The van der Waals surface area contributed by atoms with Gasteiger partial charge in [-0.15, -0.1) is 11.8 Å². The van der Waals surface area contributed by atoms with Crippen LogP contribution in [0.15, 0.2) is 48.5 Å². The second-order valence-corrected chi connectivity index (χ2v) is 10.1. The zero-order valence-electron chi connectivity index (χ0n) is 17.3. The molecule has 0 radical (unpaired) electrons. The summed E-state index contributed by atoms with van der Waals surface area (Å²) in [4.78, 5) is 29.0. The lowest BCUT2D eigenvalue weighted by molar-refractivity contribution is -0.138. The van der Waals surface area contributed by atoms with Crippen LogP contribution in [-0.2, 0) is 29.1 Å². The van der Waals surface area contributed by atoms with E-state index >= 15 is 0 Å². The molecule has 2 atom stereocenters. The molecule has 156 valence electrons. The van der Waals surface area contributed by atoms with Gasteiger partial charge in [-0.3, -0.25) is 9.59 Å². The van der Waals surface area contributed by atoms with Gasteiger partial charge in [0.15, 0.2) is 0 Å². The van der Waals surface area contributed by atoms with Crippen molar-refractivity contribution in [1.29, 1.82) is 0 Å². The van der Waals surface area contributed by atoms with Crippen molar-refractivity contribution < 1.29 is 9.59 Å². The Morgan fingerprint density at radius 3 is 2.73 bits per heavy atom. The number of carbonyl (C=O) groups is 2. The highest BCUT2D eigenvalue weighted by Gasteiger charge is 2.52. The topological polar surface area (TPSA) is 52.7 Å². The minimum absolute atomic E-state index is 0.0424. The molecule has 5 nitrogen and oxygen atoms in total. The van der Waals surface area contributed by atoms with Gasteiger partial charge < -0.3 is 15.1 Å². The summed E-state index contributed by atoms with van der Waals surface area (Å²) in [6.07, 6.45) is 2.50. The highest BCUT2D eigenvalue weighted by molar-refractivity contribution is 8.01. The van der Waals surface area contributed by atoms with Crippen molar-refractivity contribution in [1.82, 2.24) is 10.2 Å². The number of hydrogen-bond acceptors (Lipinski definition) is 4. The van der Waals surface area contributed by atoms with Gasteiger partial charge in [-0.05, 0) is 42.5 Å². The molecule has 2 saturated heterocycles. The molecule has 3 aliphatic heterocycles. The molecule has 6 heteroatoms. The van der Waals surface area contributed by atoms with Crippen LogP contribution in [0, 0.1) is 0 Å². The van der Waals surface area contributed by atoms with E-state index in [1.807, 2.05) is 4.90 Å². The maximum absolute atomic E-state index is 12.7. The molecule has 0 saturated carbocycles. The van der Waals surface area contributed by atoms with Gasteiger partial charge in [-0.1, -0.05) is 42.5 Å². The fraction of sp³-hybridized carbons (Fsp3) is 0.417. The SMILES string of the molecule is C[C@@]12CCC(=O)N1[C@H](C(=O)NCc1ccc(CN3CCc4ccccc43)cc1)CS2. The lowest BCUT2D eigenvalue weighted by Crippen LogP contribution is -2.49. The summed E-state index contributed by atoms with van der Waals surface area (Å²) in [6, 6.07) is 16.7. The van der Waals surface area contributed by atoms with Crippen molar-refractivity contribution in [2.75, 3.05) is 17.2 Å². The van der Waals surface area contributed by atoms with E-state index in [1.54, 1.807) is 11.8 Å².